The van der Waals surface area contributed by atoms with Gasteiger partial charge in [-0.15, -0.1) is 11.3 Å². The number of carbonyl (C=O) groups is 1. The smallest absolute Gasteiger partial charge is 0.273 e. The third-order valence-corrected chi connectivity index (χ3v) is 5.00. The number of rotatable bonds is 4. The molecule has 2 aromatic rings. The minimum atomic E-state index is -3.28. The Labute approximate surface area is 148 Å². The monoisotopic (exact) mass is 379 g/mol. The predicted octanol–water partition coefficient (Wildman–Crippen LogP) is 2.13. The Morgan fingerprint density at radius 1 is 1.12 bits per heavy atom. The largest absolute Gasteiger partial charge is 0.328 e. The summed E-state index contributed by atoms with van der Waals surface area (Å²) in [6.07, 6.45) is 2.85. The number of carbonyl (C=O) groups excluding carboxylic acids is 1. The van der Waals surface area contributed by atoms with Crippen LogP contribution in [0.4, 0.5) is 5.69 Å². The second-order valence-corrected chi connectivity index (χ2v) is 8.39. The molecule has 24 heavy (non-hydrogen) atoms. The molecule has 3 N–H and O–H groups in total. The van der Waals surface area contributed by atoms with E-state index in [1.165, 1.54) is 11.3 Å². The lowest BCUT2D eigenvalue weighted by molar-refractivity contribution is -0.115. The van der Waals surface area contributed by atoms with Gasteiger partial charge in [0.05, 0.1) is 6.26 Å². The zero-order valence-corrected chi connectivity index (χ0v) is 14.9. The van der Waals surface area contributed by atoms with E-state index in [1.807, 2.05) is 24.3 Å². The number of hydrogen-bond acceptors (Lipinski definition) is 5. The Kier molecular flexibility index (Phi) is 4.39. The molecule has 1 aromatic heterocycles. The first-order valence-electron chi connectivity index (χ1n) is 6.82. The molecule has 2 heterocycles. The minimum Gasteiger partial charge on any atom is -0.328 e. The van der Waals surface area contributed by atoms with Crippen LogP contribution < -0.4 is 15.4 Å². The number of hydrogen-bond donors (Lipinski definition) is 3. The Morgan fingerprint density at radius 2 is 1.83 bits per heavy atom. The average Bonchev–Trinajstić information content (AvgIpc) is 3.06. The molecule has 1 saturated heterocycles. The molecule has 9 heteroatoms. The van der Waals surface area contributed by atoms with Gasteiger partial charge in [-0.05, 0) is 48.1 Å². The van der Waals surface area contributed by atoms with Crippen LogP contribution in [0, 0.1) is 0 Å². The highest BCUT2D eigenvalue weighted by Crippen LogP contribution is 2.30. The molecule has 0 unspecified atom stereocenters. The van der Waals surface area contributed by atoms with Crippen molar-refractivity contribution < 1.29 is 13.2 Å². The van der Waals surface area contributed by atoms with Crippen molar-refractivity contribution in [2.45, 2.75) is 0 Å². The zero-order valence-electron chi connectivity index (χ0n) is 12.5. The quantitative estimate of drug-likeness (QED) is 0.560. The Hall–Kier alpha value is -2.23. The summed E-state index contributed by atoms with van der Waals surface area (Å²) in [4.78, 5) is 13.6. The summed E-state index contributed by atoms with van der Waals surface area (Å²) in [5.74, 6) is -0.244. The number of anilines is 1. The molecule has 0 aliphatic carbocycles. The molecule has 0 bridgehead atoms. The number of sulfonamides is 1. The predicted molar refractivity (Wildman–Crippen MR) is 100 cm³/mol. The van der Waals surface area contributed by atoms with Crippen LogP contribution in [0.25, 0.3) is 16.5 Å². The Morgan fingerprint density at radius 3 is 2.42 bits per heavy atom. The van der Waals surface area contributed by atoms with Gasteiger partial charge in [0.2, 0.25) is 10.0 Å². The Bertz CT molecular complexity index is 944. The van der Waals surface area contributed by atoms with Gasteiger partial charge in [0, 0.05) is 15.4 Å². The van der Waals surface area contributed by atoms with E-state index in [4.69, 9.17) is 12.2 Å². The van der Waals surface area contributed by atoms with Crippen molar-refractivity contribution in [2.24, 2.45) is 0 Å². The Balaban J connectivity index is 1.80. The van der Waals surface area contributed by atoms with E-state index in [0.29, 0.717) is 16.5 Å². The molecule has 1 aliphatic rings. The van der Waals surface area contributed by atoms with Gasteiger partial charge in [-0.1, -0.05) is 12.1 Å². The molecule has 1 amide bonds. The highest BCUT2D eigenvalue weighted by atomic mass is 32.2. The normalized spacial score (nSPS) is 16.1. The zero-order chi connectivity index (χ0) is 17.3. The lowest BCUT2D eigenvalue weighted by Gasteiger charge is -2.04. The third-order valence-electron chi connectivity index (χ3n) is 3.11. The van der Waals surface area contributed by atoms with Crippen molar-refractivity contribution in [2.75, 3.05) is 11.0 Å². The lowest BCUT2D eigenvalue weighted by atomic mass is 10.2. The molecule has 1 fully saturated rings. The maximum absolute atomic E-state index is 11.6. The molecule has 0 spiro atoms. The average molecular weight is 379 g/mol. The van der Waals surface area contributed by atoms with E-state index < -0.39 is 10.0 Å². The van der Waals surface area contributed by atoms with Crippen LogP contribution in [-0.4, -0.2) is 25.7 Å². The highest BCUT2D eigenvalue weighted by molar-refractivity contribution is 7.92. The molecule has 0 saturated carbocycles. The van der Waals surface area contributed by atoms with Crippen LogP contribution in [0.1, 0.15) is 4.88 Å². The number of nitrogens with one attached hydrogen (secondary N) is 3. The van der Waals surface area contributed by atoms with Crippen LogP contribution in [0.5, 0.6) is 0 Å². The van der Waals surface area contributed by atoms with Gasteiger partial charge < -0.3 is 5.32 Å². The van der Waals surface area contributed by atoms with Crippen molar-refractivity contribution in [1.29, 1.82) is 0 Å². The molecule has 0 atom stereocenters. The maximum Gasteiger partial charge on any atom is 0.273 e. The summed E-state index contributed by atoms with van der Waals surface area (Å²) in [6.45, 7) is 0. The van der Waals surface area contributed by atoms with Gasteiger partial charge in [-0.3, -0.25) is 14.8 Å². The van der Waals surface area contributed by atoms with Crippen LogP contribution in [0.2, 0.25) is 0 Å². The number of thiophene rings is 1. The van der Waals surface area contributed by atoms with E-state index in [-0.39, 0.29) is 5.91 Å². The first-order chi connectivity index (χ1) is 11.3. The van der Waals surface area contributed by atoms with Crippen LogP contribution in [0.15, 0.2) is 42.1 Å². The summed E-state index contributed by atoms with van der Waals surface area (Å²) in [7, 11) is -3.28. The fraction of sp³-hybridized carbons (Fsp3) is 0.0667. The molecule has 1 aromatic carbocycles. The highest BCUT2D eigenvalue weighted by Gasteiger charge is 2.20. The molecule has 1 aliphatic heterocycles. The summed E-state index contributed by atoms with van der Waals surface area (Å²) in [5, 5.41) is 5.62. The van der Waals surface area contributed by atoms with Gasteiger partial charge in [-0.2, -0.15) is 0 Å². The summed E-state index contributed by atoms with van der Waals surface area (Å²) < 4.78 is 24.8. The number of amides is 1. The van der Waals surface area contributed by atoms with Gasteiger partial charge in [0.25, 0.3) is 5.91 Å². The van der Waals surface area contributed by atoms with Crippen LogP contribution in [0.3, 0.4) is 0 Å². The van der Waals surface area contributed by atoms with E-state index in [9.17, 15) is 13.2 Å². The number of thiocarbonyl (C=S) groups is 1. The maximum atomic E-state index is 11.6. The van der Waals surface area contributed by atoms with Gasteiger partial charge in [0.1, 0.15) is 5.70 Å². The summed E-state index contributed by atoms with van der Waals surface area (Å²) in [5.41, 5.74) is 1.89. The van der Waals surface area contributed by atoms with E-state index in [2.05, 4.69) is 15.4 Å². The molecular formula is C15H13N3O3S3. The van der Waals surface area contributed by atoms with E-state index >= 15 is 0 Å². The molecule has 124 valence electrons. The van der Waals surface area contributed by atoms with Crippen LogP contribution >= 0.6 is 23.6 Å². The van der Waals surface area contributed by atoms with Crippen molar-refractivity contribution in [3.8, 4) is 10.4 Å². The fourth-order valence-corrected chi connectivity index (χ4v) is 3.85. The van der Waals surface area contributed by atoms with Crippen molar-refractivity contribution in [1.82, 2.24) is 10.6 Å². The lowest BCUT2D eigenvalue weighted by Crippen LogP contribution is -2.21. The van der Waals surface area contributed by atoms with Gasteiger partial charge in [-0.25, -0.2) is 8.42 Å². The van der Waals surface area contributed by atoms with Gasteiger partial charge >= 0.3 is 0 Å². The summed E-state index contributed by atoms with van der Waals surface area (Å²) >= 11 is 6.41. The minimum absolute atomic E-state index is 0.244. The first kappa shape index (κ1) is 16.6. The van der Waals surface area contributed by atoms with Crippen molar-refractivity contribution >= 4 is 56.4 Å². The molecule has 6 nitrogen and oxygen atoms in total. The molecular weight excluding hydrogens is 366 g/mol. The van der Waals surface area contributed by atoms with E-state index in [0.717, 1.165) is 21.6 Å². The fourth-order valence-electron chi connectivity index (χ4n) is 2.13. The third kappa shape index (κ3) is 3.99. The van der Waals surface area contributed by atoms with Crippen LogP contribution in [-0.2, 0) is 14.8 Å². The van der Waals surface area contributed by atoms with Crippen molar-refractivity contribution in [3.05, 3.63) is 47.0 Å². The van der Waals surface area contributed by atoms with Gasteiger partial charge in [0.15, 0.2) is 5.11 Å². The standard InChI is InChI=1S/C15H13N3O3S3/c1-24(20,21)18-10-4-2-9(3-5-10)13-7-6-11(23-13)8-12-14(19)17-15(22)16-12/h2-8,18H,1H3,(H2,16,17,19,22)/b12-8+. The second kappa shape index (κ2) is 6.34. The topological polar surface area (TPSA) is 87.3 Å². The summed E-state index contributed by atoms with van der Waals surface area (Å²) in [6, 6.07) is 10.9. The van der Waals surface area contributed by atoms with Crippen molar-refractivity contribution in [3.63, 3.8) is 0 Å². The SMILES string of the molecule is CS(=O)(=O)Nc1ccc(-c2ccc(/C=C3/NC(=S)NC3=O)s2)cc1. The second-order valence-electron chi connectivity index (χ2n) is 5.12. The van der Waals surface area contributed by atoms with E-state index in [1.54, 1.807) is 18.2 Å². The first-order valence-corrected chi connectivity index (χ1v) is 9.94. The molecule has 3 rings (SSSR count). The number of benzene rings is 1. The molecule has 0 radical (unpaired) electrons.